The fourth-order valence-corrected chi connectivity index (χ4v) is 3.50. The fourth-order valence-electron chi connectivity index (χ4n) is 3.50. The van der Waals surface area contributed by atoms with Crippen LogP contribution in [0.2, 0.25) is 0 Å². The van der Waals surface area contributed by atoms with Crippen molar-refractivity contribution in [3.63, 3.8) is 0 Å². The average Bonchev–Trinajstić information content (AvgIpc) is 3.03. The topological polar surface area (TPSA) is 42.7 Å². The fraction of sp³-hybridized carbons (Fsp3) is 0.556. The van der Waals surface area contributed by atoms with Crippen LogP contribution in [-0.4, -0.2) is 20.8 Å². The van der Waals surface area contributed by atoms with Crippen LogP contribution in [0.25, 0.3) is 0 Å². The van der Waals surface area contributed by atoms with E-state index in [1.807, 2.05) is 6.33 Å². The van der Waals surface area contributed by atoms with Crippen LogP contribution in [0.3, 0.4) is 0 Å². The molecule has 0 spiro atoms. The van der Waals surface area contributed by atoms with Gasteiger partial charge in [0.2, 0.25) is 0 Å². The highest BCUT2D eigenvalue weighted by molar-refractivity contribution is 5.25. The molecule has 1 fully saturated rings. The number of aryl methyl sites for hydroxylation is 1. The molecule has 0 amide bonds. The molecule has 1 aliphatic carbocycles. The molecule has 0 bridgehead atoms. The highest BCUT2D eigenvalue weighted by atomic mass is 15.3. The quantitative estimate of drug-likeness (QED) is 0.921. The molecule has 0 radical (unpaired) electrons. The van der Waals surface area contributed by atoms with E-state index in [-0.39, 0.29) is 0 Å². The molecule has 2 aromatic rings. The standard InChI is InChI=1S/C18H26N4/c1-3-22-14-20-21-17(22)13-19-16-9-11-18(2,12-10-16)15-7-5-4-6-8-15/h4-8,14,16,19H,3,9-13H2,1-2H3. The Bertz CT molecular complexity index is 582. The number of aromatic nitrogens is 3. The summed E-state index contributed by atoms with van der Waals surface area (Å²) in [4.78, 5) is 0. The number of hydrogen-bond donors (Lipinski definition) is 1. The minimum absolute atomic E-state index is 0.336. The lowest BCUT2D eigenvalue weighted by Crippen LogP contribution is -2.38. The van der Waals surface area contributed by atoms with Gasteiger partial charge in [-0.3, -0.25) is 0 Å². The van der Waals surface area contributed by atoms with Crippen molar-refractivity contribution >= 4 is 0 Å². The van der Waals surface area contributed by atoms with E-state index >= 15 is 0 Å². The zero-order valence-electron chi connectivity index (χ0n) is 13.6. The van der Waals surface area contributed by atoms with Crippen molar-refractivity contribution in [2.45, 2.75) is 64.1 Å². The monoisotopic (exact) mass is 298 g/mol. The third-order valence-corrected chi connectivity index (χ3v) is 5.15. The Balaban J connectivity index is 1.54. The summed E-state index contributed by atoms with van der Waals surface area (Å²) < 4.78 is 2.10. The number of hydrogen-bond acceptors (Lipinski definition) is 3. The summed E-state index contributed by atoms with van der Waals surface area (Å²) >= 11 is 0. The Kier molecular flexibility index (Phi) is 4.57. The second kappa shape index (κ2) is 6.61. The summed E-state index contributed by atoms with van der Waals surface area (Å²) in [5.74, 6) is 1.04. The minimum atomic E-state index is 0.336. The second-order valence-corrected chi connectivity index (χ2v) is 6.62. The zero-order chi connectivity index (χ0) is 15.4. The van der Waals surface area contributed by atoms with E-state index in [1.165, 1.54) is 31.2 Å². The van der Waals surface area contributed by atoms with Crippen molar-refractivity contribution in [1.29, 1.82) is 0 Å². The Hall–Kier alpha value is -1.68. The predicted octanol–water partition coefficient (Wildman–Crippen LogP) is 3.29. The molecular formula is C18H26N4. The third kappa shape index (κ3) is 3.22. The molecular weight excluding hydrogens is 272 g/mol. The first-order valence-electron chi connectivity index (χ1n) is 8.37. The summed E-state index contributed by atoms with van der Waals surface area (Å²) in [5, 5.41) is 11.9. The molecule has 4 heteroatoms. The molecule has 1 saturated carbocycles. The number of rotatable bonds is 5. The summed E-state index contributed by atoms with van der Waals surface area (Å²) in [7, 11) is 0. The highest BCUT2D eigenvalue weighted by Crippen LogP contribution is 2.38. The zero-order valence-corrected chi connectivity index (χ0v) is 13.6. The van der Waals surface area contributed by atoms with E-state index < -0.39 is 0 Å². The third-order valence-electron chi connectivity index (χ3n) is 5.15. The van der Waals surface area contributed by atoms with Crippen LogP contribution < -0.4 is 5.32 Å². The van der Waals surface area contributed by atoms with E-state index in [2.05, 4.69) is 64.3 Å². The largest absolute Gasteiger partial charge is 0.317 e. The van der Waals surface area contributed by atoms with Crippen molar-refractivity contribution in [3.05, 3.63) is 48.0 Å². The lowest BCUT2D eigenvalue weighted by molar-refractivity contribution is 0.262. The van der Waals surface area contributed by atoms with Gasteiger partial charge in [-0.1, -0.05) is 37.3 Å². The lowest BCUT2D eigenvalue weighted by atomic mass is 9.69. The van der Waals surface area contributed by atoms with Crippen LogP contribution in [-0.2, 0) is 18.5 Å². The van der Waals surface area contributed by atoms with E-state index in [0.717, 1.165) is 18.9 Å². The predicted molar refractivity (Wildman–Crippen MR) is 88.6 cm³/mol. The van der Waals surface area contributed by atoms with Crippen LogP contribution in [0.5, 0.6) is 0 Å². The molecule has 0 aliphatic heterocycles. The van der Waals surface area contributed by atoms with Crippen LogP contribution in [0.15, 0.2) is 36.7 Å². The van der Waals surface area contributed by atoms with Gasteiger partial charge >= 0.3 is 0 Å². The van der Waals surface area contributed by atoms with Crippen LogP contribution in [0, 0.1) is 0 Å². The SMILES string of the molecule is CCn1cnnc1CNC1CCC(C)(c2ccccc2)CC1. The second-order valence-electron chi connectivity index (χ2n) is 6.62. The maximum Gasteiger partial charge on any atom is 0.146 e. The van der Waals surface area contributed by atoms with Gasteiger partial charge in [0.25, 0.3) is 0 Å². The van der Waals surface area contributed by atoms with Gasteiger partial charge in [-0.2, -0.15) is 0 Å². The molecule has 0 saturated heterocycles. The molecule has 118 valence electrons. The van der Waals surface area contributed by atoms with Crippen molar-refractivity contribution in [1.82, 2.24) is 20.1 Å². The molecule has 1 heterocycles. The van der Waals surface area contributed by atoms with E-state index in [9.17, 15) is 0 Å². The molecule has 0 unspecified atom stereocenters. The van der Waals surface area contributed by atoms with Gasteiger partial charge < -0.3 is 9.88 Å². The Morgan fingerprint density at radius 2 is 1.95 bits per heavy atom. The number of nitrogens with one attached hydrogen (secondary N) is 1. The van der Waals surface area contributed by atoms with Gasteiger partial charge in [-0.05, 0) is 43.6 Å². The van der Waals surface area contributed by atoms with Gasteiger partial charge in [0.15, 0.2) is 0 Å². The molecule has 1 aromatic heterocycles. The van der Waals surface area contributed by atoms with Crippen molar-refractivity contribution < 1.29 is 0 Å². The van der Waals surface area contributed by atoms with Gasteiger partial charge in [-0.15, -0.1) is 10.2 Å². The lowest BCUT2D eigenvalue weighted by Gasteiger charge is -2.38. The number of nitrogens with zero attached hydrogens (tertiary/aromatic N) is 3. The average molecular weight is 298 g/mol. The summed E-state index contributed by atoms with van der Waals surface area (Å²) in [6, 6.07) is 11.6. The van der Waals surface area contributed by atoms with Gasteiger partial charge in [-0.25, -0.2) is 0 Å². The number of benzene rings is 1. The minimum Gasteiger partial charge on any atom is -0.317 e. The normalized spacial score (nSPS) is 25.3. The summed E-state index contributed by atoms with van der Waals surface area (Å²) in [6.07, 6.45) is 6.76. The van der Waals surface area contributed by atoms with Crippen molar-refractivity contribution in [3.8, 4) is 0 Å². The van der Waals surface area contributed by atoms with E-state index in [4.69, 9.17) is 0 Å². The first-order valence-corrected chi connectivity index (χ1v) is 8.37. The molecule has 1 aliphatic rings. The molecule has 22 heavy (non-hydrogen) atoms. The molecule has 0 atom stereocenters. The first kappa shape index (κ1) is 15.2. The highest BCUT2D eigenvalue weighted by Gasteiger charge is 2.32. The molecule has 4 nitrogen and oxygen atoms in total. The van der Waals surface area contributed by atoms with Gasteiger partial charge in [0, 0.05) is 12.6 Å². The maximum absolute atomic E-state index is 4.20. The van der Waals surface area contributed by atoms with Crippen molar-refractivity contribution in [2.24, 2.45) is 0 Å². The maximum atomic E-state index is 4.20. The van der Waals surface area contributed by atoms with E-state index in [1.54, 1.807) is 0 Å². The van der Waals surface area contributed by atoms with Crippen molar-refractivity contribution in [2.75, 3.05) is 0 Å². The summed E-state index contributed by atoms with van der Waals surface area (Å²) in [6.45, 7) is 6.28. The molecule has 1 aromatic carbocycles. The van der Waals surface area contributed by atoms with E-state index in [0.29, 0.717) is 11.5 Å². The summed E-state index contributed by atoms with van der Waals surface area (Å²) in [5.41, 5.74) is 1.82. The molecule has 3 rings (SSSR count). The van der Waals surface area contributed by atoms with Crippen LogP contribution in [0.4, 0.5) is 0 Å². The Morgan fingerprint density at radius 3 is 2.64 bits per heavy atom. The smallest absolute Gasteiger partial charge is 0.146 e. The Labute approximate surface area is 133 Å². The van der Waals surface area contributed by atoms with Crippen LogP contribution >= 0.6 is 0 Å². The van der Waals surface area contributed by atoms with Gasteiger partial charge in [0.05, 0.1) is 6.54 Å². The molecule has 1 N–H and O–H groups in total. The Morgan fingerprint density at radius 1 is 1.23 bits per heavy atom. The van der Waals surface area contributed by atoms with Crippen LogP contribution in [0.1, 0.15) is 50.9 Å². The van der Waals surface area contributed by atoms with Gasteiger partial charge in [0.1, 0.15) is 12.2 Å². The first-order chi connectivity index (χ1) is 10.7.